The van der Waals surface area contributed by atoms with E-state index in [9.17, 15) is 13.2 Å². The summed E-state index contributed by atoms with van der Waals surface area (Å²) in [6, 6.07) is 7.59. The summed E-state index contributed by atoms with van der Waals surface area (Å²) in [5.74, 6) is 1.15. The van der Waals surface area contributed by atoms with Crippen LogP contribution in [0.3, 0.4) is 0 Å². The van der Waals surface area contributed by atoms with E-state index in [1.165, 1.54) is 0 Å². The maximum Gasteiger partial charge on any atom is 0.223 e. The molecule has 1 heterocycles. The topological polar surface area (TPSA) is 63.7 Å². The van der Waals surface area contributed by atoms with Crippen LogP contribution in [-0.2, 0) is 21.1 Å². The number of nitrogens with zero attached hydrogens (tertiary/aromatic N) is 1. The Bertz CT molecular complexity index is 657. The van der Waals surface area contributed by atoms with Gasteiger partial charge in [0.1, 0.15) is 5.75 Å². The highest BCUT2D eigenvalue weighted by atomic mass is 32.2. The molecule has 0 bridgehead atoms. The highest BCUT2D eigenvalue weighted by molar-refractivity contribution is 7.91. The number of amides is 1. The molecule has 0 saturated carbocycles. The van der Waals surface area contributed by atoms with Gasteiger partial charge < -0.3 is 9.64 Å². The van der Waals surface area contributed by atoms with Gasteiger partial charge >= 0.3 is 0 Å². The molecular weight excluding hydrogens is 326 g/mol. The third-order valence-electron chi connectivity index (χ3n) is 4.31. The van der Waals surface area contributed by atoms with Crippen molar-refractivity contribution >= 4 is 15.7 Å². The Morgan fingerprint density at radius 3 is 2.67 bits per heavy atom. The first-order valence-corrected chi connectivity index (χ1v) is 10.5. The summed E-state index contributed by atoms with van der Waals surface area (Å²) in [6.45, 7) is 5.15. The fraction of sp³-hybridized carbons (Fsp3) is 0.611. The Kier molecular flexibility index (Phi) is 6.66. The van der Waals surface area contributed by atoms with Crippen LogP contribution in [0.2, 0.25) is 0 Å². The standard InChI is InChI=1S/C18H27NO4S/c1-3-12-19(16-11-13-24(21,22)14-16)18(20)10-9-15-7-5-6-8-17(15)23-4-2/h5-8,16H,3-4,9-14H2,1-2H3. The number of aryl methyl sites for hydroxylation is 1. The van der Waals surface area contributed by atoms with E-state index in [1.54, 1.807) is 4.90 Å². The van der Waals surface area contributed by atoms with Crippen molar-refractivity contribution in [1.82, 2.24) is 4.90 Å². The number of hydrogen-bond acceptors (Lipinski definition) is 4. The van der Waals surface area contributed by atoms with Crippen molar-refractivity contribution in [3.8, 4) is 5.75 Å². The van der Waals surface area contributed by atoms with Crippen LogP contribution < -0.4 is 4.74 Å². The molecule has 6 heteroatoms. The van der Waals surface area contributed by atoms with Gasteiger partial charge in [0.15, 0.2) is 9.84 Å². The predicted molar refractivity (Wildman–Crippen MR) is 95.0 cm³/mol. The van der Waals surface area contributed by atoms with Gasteiger partial charge in [-0.1, -0.05) is 25.1 Å². The monoisotopic (exact) mass is 353 g/mol. The Labute approximate surface area is 144 Å². The summed E-state index contributed by atoms with van der Waals surface area (Å²) < 4.78 is 29.0. The van der Waals surface area contributed by atoms with Crippen molar-refractivity contribution in [3.05, 3.63) is 29.8 Å². The van der Waals surface area contributed by atoms with E-state index in [2.05, 4.69) is 0 Å². The minimum Gasteiger partial charge on any atom is -0.494 e. The van der Waals surface area contributed by atoms with Crippen LogP contribution in [0.25, 0.3) is 0 Å². The number of sulfone groups is 1. The Morgan fingerprint density at radius 2 is 2.04 bits per heavy atom. The normalized spacial score (nSPS) is 19.2. The van der Waals surface area contributed by atoms with Gasteiger partial charge in [0.05, 0.1) is 18.1 Å². The molecule has 0 aliphatic carbocycles. The van der Waals surface area contributed by atoms with Crippen LogP contribution in [0, 0.1) is 0 Å². The Balaban J connectivity index is 2.01. The molecule has 1 fully saturated rings. The molecule has 1 aliphatic heterocycles. The van der Waals surface area contributed by atoms with Gasteiger partial charge in [0, 0.05) is 19.0 Å². The van der Waals surface area contributed by atoms with Crippen molar-refractivity contribution in [2.45, 2.75) is 45.6 Å². The fourth-order valence-corrected chi connectivity index (χ4v) is 4.90. The Morgan fingerprint density at radius 1 is 1.29 bits per heavy atom. The van der Waals surface area contributed by atoms with Crippen LogP contribution >= 0.6 is 0 Å². The summed E-state index contributed by atoms with van der Waals surface area (Å²) in [4.78, 5) is 14.4. The summed E-state index contributed by atoms with van der Waals surface area (Å²) in [5.41, 5.74) is 1.02. The number of carbonyl (C=O) groups is 1. The smallest absolute Gasteiger partial charge is 0.223 e. The summed E-state index contributed by atoms with van der Waals surface area (Å²) >= 11 is 0. The molecule has 5 nitrogen and oxygen atoms in total. The van der Waals surface area contributed by atoms with E-state index in [1.807, 2.05) is 38.1 Å². The largest absolute Gasteiger partial charge is 0.494 e. The van der Waals surface area contributed by atoms with Crippen LogP contribution in [0.15, 0.2) is 24.3 Å². The second kappa shape index (κ2) is 8.51. The zero-order valence-corrected chi connectivity index (χ0v) is 15.3. The summed E-state index contributed by atoms with van der Waals surface area (Å²) in [5, 5.41) is 0. The van der Waals surface area contributed by atoms with Crippen LogP contribution in [-0.4, -0.2) is 49.9 Å². The van der Waals surface area contributed by atoms with Gasteiger partial charge in [0.25, 0.3) is 0 Å². The number of para-hydroxylation sites is 1. The van der Waals surface area contributed by atoms with E-state index in [-0.39, 0.29) is 23.5 Å². The van der Waals surface area contributed by atoms with E-state index >= 15 is 0 Å². The van der Waals surface area contributed by atoms with Crippen molar-refractivity contribution < 1.29 is 17.9 Å². The maximum absolute atomic E-state index is 12.7. The molecular formula is C18H27NO4S. The van der Waals surface area contributed by atoms with E-state index in [4.69, 9.17) is 4.74 Å². The molecule has 1 amide bonds. The lowest BCUT2D eigenvalue weighted by Gasteiger charge is -2.28. The molecule has 1 aromatic rings. The lowest BCUT2D eigenvalue weighted by Crippen LogP contribution is -2.41. The Hall–Kier alpha value is -1.56. The van der Waals surface area contributed by atoms with E-state index in [0.29, 0.717) is 32.4 Å². The van der Waals surface area contributed by atoms with Crippen molar-refractivity contribution in [2.24, 2.45) is 0 Å². The molecule has 24 heavy (non-hydrogen) atoms. The molecule has 1 aliphatic rings. The third-order valence-corrected chi connectivity index (χ3v) is 6.07. The highest BCUT2D eigenvalue weighted by Crippen LogP contribution is 2.22. The van der Waals surface area contributed by atoms with Crippen molar-refractivity contribution in [1.29, 1.82) is 0 Å². The molecule has 134 valence electrons. The molecule has 0 N–H and O–H groups in total. The van der Waals surface area contributed by atoms with Crippen LogP contribution in [0.1, 0.15) is 38.7 Å². The van der Waals surface area contributed by atoms with Crippen LogP contribution in [0.4, 0.5) is 0 Å². The first kappa shape index (κ1) is 18.8. The molecule has 1 aromatic carbocycles. The summed E-state index contributed by atoms with van der Waals surface area (Å²) in [6.07, 6.45) is 2.37. The van der Waals surface area contributed by atoms with Gasteiger partial charge in [-0.05, 0) is 37.8 Å². The SMILES string of the molecule is CCCN(C(=O)CCc1ccccc1OCC)C1CCS(=O)(=O)C1. The molecule has 2 rings (SSSR count). The lowest BCUT2D eigenvalue weighted by molar-refractivity contribution is -0.133. The van der Waals surface area contributed by atoms with Gasteiger partial charge in [-0.15, -0.1) is 0 Å². The zero-order valence-electron chi connectivity index (χ0n) is 14.5. The first-order valence-electron chi connectivity index (χ1n) is 8.67. The molecule has 1 atom stereocenters. The number of rotatable bonds is 8. The molecule has 0 radical (unpaired) electrons. The zero-order chi connectivity index (χ0) is 17.6. The molecule has 0 aromatic heterocycles. The van der Waals surface area contributed by atoms with Crippen molar-refractivity contribution in [3.63, 3.8) is 0 Å². The predicted octanol–water partition coefficient (Wildman–Crippen LogP) is 2.44. The molecule has 1 saturated heterocycles. The van der Waals surface area contributed by atoms with Gasteiger partial charge in [-0.3, -0.25) is 4.79 Å². The second-order valence-corrected chi connectivity index (χ2v) is 8.41. The average Bonchev–Trinajstić information content (AvgIpc) is 2.91. The van der Waals surface area contributed by atoms with Gasteiger partial charge in [-0.25, -0.2) is 8.42 Å². The average molecular weight is 353 g/mol. The second-order valence-electron chi connectivity index (χ2n) is 6.18. The fourth-order valence-electron chi connectivity index (χ4n) is 3.16. The van der Waals surface area contributed by atoms with E-state index in [0.717, 1.165) is 17.7 Å². The van der Waals surface area contributed by atoms with Crippen molar-refractivity contribution in [2.75, 3.05) is 24.7 Å². The molecule has 0 spiro atoms. The van der Waals surface area contributed by atoms with Gasteiger partial charge in [-0.2, -0.15) is 0 Å². The highest BCUT2D eigenvalue weighted by Gasteiger charge is 2.34. The number of hydrogen-bond donors (Lipinski definition) is 0. The molecule has 1 unspecified atom stereocenters. The number of carbonyl (C=O) groups excluding carboxylic acids is 1. The third kappa shape index (κ3) is 4.97. The summed E-state index contributed by atoms with van der Waals surface area (Å²) in [7, 11) is -2.99. The quantitative estimate of drug-likeness (QED) is 0.720. The first-order chi connectivity index (χ1) is 11.5. The minimum atomic E-state index is -2.99. The van der Waals surface area contributed by atoms with E-state index < -0.39 is 9.84 Å². The minimum absolute atomic E-state index is 0.0326. The van der Waals surface area contributed by atoms with Gasteiger partial charge in [0.2, 0.25) is 5.91 Å². The number of ether oxygens (including phenoxy) is 1. The van der Waals surface area contributed by atoms with Crippen LogP contribution in [0.5, 0.6) is 5.75 Å². The number of benzene rings is 1. The lowest BCUT2D eigenvalue weighted by atomic mass is 10.1. The maximum atomic E-state index is 12.7.